The molecule has 3 aliphatic heterocycles. The molecule has 4 aliphatic rings. The van der Waals surface area contributed by atoms with E-state index in [2.05, 4.69) is 5.32 Å². The van der Waals surface area contributed by atoms with Crippen molar-refractivity contribution in [3.63, 3.8) is 0 Å². The monoisotopic (exact) mass is 342 g/mol. The lowest BCUT2D eigenvalue weighted by Gasteiger charge is -2.20. The molecule has 1 aromatic heterocycles. The summed E-state index contributed by atoms with van der Waals surface area (Å²) in [4.78, 5) is 39.3. The Labute approximate surface area is 143 Å². The van der Waals surface area contributed by atoms with Gasteiger partial charge in [0, 0.05) is 42.0 Å². The molecule has 4 heterocycles. The van der Waals surface area contributed by atoms with Crippen molar-refractivity contribution in [1.82, 2.24) is 14.8 Å². The van der Waals surface area contributed by atoms with Crippen LogP contribution in [0, 0.1) is 0 Å². The Morgan fingerprint density at radius 3 is 2.68 bits per heavy atom. The molecule has 3 N–H and O–H groups in total. The highest BCUT2D eigenvalue weighted by molar-refractivity contribution is 6.27. The molecule has 2 saturated heterocycles. The van der Waals surface area contributed by atoms with E-state index < -0.39 is 6.09 Å². The molecule has 3 atom stereocenters. The number of nitrogens with two attached hydrogens (primary N) is 1. The molecule has 1 aliphatic carbocycles. The first kappa shape index (κ1) is 14.7. The van der Waals surface area contributed by atoms with E-state index in [0.29, 0.717) is 34.6 Å². The third-order valence-corrected chi connectivity index (χ3v) is 5.63. The van der Waals surface area contributed by atoms with Crippen molar-refractivity contribution in [2.75, 3.05) is 6.54 Å². The first-order valence-electron chi connectivity index (χ1n) is 8.40. The van der Waals surface area contributed by atoms with E-state index in [0.717, 1.165) is 12.2 Å². The van der Waals surface area contributed by atoms with Gasteiger partial charge >= 0.3 is 6.09 Å². The van der Waals surface area contributed by atoms with Crippen molar-refractivity contribution < 1.29 is 19.1 Å². The van der Waals surface area contributed by atoms with E-state index in [-0.39, 0.29) is 36.3 Å². The summed E-state index contributed by atoms with van der Waals surface area (Å²) in [7, 11) is 0. The fourth-order valence-electron chi connectivity index (χ4n) is 4.27. The van der Waals surface area contributed by atoms with Crippen LogP contribution in [-0.4, -0.2) is 45.8 Å². The van der Waals surface area contributed by atoms with Crippen molar-refractivity contribution in [3.05, 3.63) is 33.8 Å². The second kappa shape index (κ2) is 4.51. The largest absolute Gasteiger partial charge is 0.445 e. The first-order chi connectivity index (χ1) is 11.9. The quantitative estimate of drug-likeness (QED) is 0.771. The number of hydrogen-bond donors (Lipinski definition) is 2. The van der Waals surface area contributed by atoms with Crippen molar-refractivity contribution in [2.45, 2.75) is 45.1 Å². The number of carbonyl (C=O) groups excluding carboxylic acids is 3. The van der Waals surface area contributed by atoms with Crippen molar-refractivity contribution >= 4 is 17.7 Å². The maximum Gasteiger partial charge on any atom is 0.404 e. The van der Waals surface area contributed by atoms with Crippen LogP contribution >= 0.6 is 0 Å². The van der Waals surface area contributed by atoms with Crippen molar-refractivity contribution in [3.8, 4) is 0 Å². The van der Waals surface area contributed by atoms with Gasteiger partial charge in [0.25, 0.3) is 0 Å². The highest BCUT2D eigenvalue weighted by Gasteiger charge is 2.53. The third kappa shape index (κ3) is 1.82. The summed E-state index contributed by atoms with van der Waals surface area (Å²) in [5.74, 6) is -0.268. The summed E-state index contributed by atoms with van der Waals surface area (Å²) in [6.07, 6.45) is -0.895. The highest BCUT2D eigenvalue weighted by atomic mass is 16.5. The number of ketones is 2. The van der Waals surface area contributed by atoms with Gasteiger partial charge in [-0.25, -0.2) is 4.79 Å². The zero-order valence-corrected chi connectivity index (χ0v) is 14.0. The van der Waals surface area contributed by atoms with Gasteiger partial charge in [-0.3, -0.25) is 9.59 Å². The van der Waals surface area contributed by atoms with Crippen molar-refractivity contribution in [2.24, 2.45) is 5.73 Å². The Bertz CT molecular complexity index is 912. The molecule has 0 radical (unpaired) electrons. The van der Waals surface area contributed by atoms with E-state index in [1.165, 1.54) is 0 Å². The van der Waals surface area contributed by atoms with E-state index in [1.807, 2.05) is 16.4 Å². The average molecular weight is 342 g/mol. The van der Waals surface area contributed by atoms with Crippen LogP contribution in [0.15, 0.2) is 11.3 Å². The van der Waals surface area contributed by atoms with E-state index in [9.17, 15) is 14.4 Å². The minimum absolute atomic E-state index is 0.0915. The van der Waals surface area contributed by atoms with Gasteiger partial charge in [0.05, 0.1) is 17.3 Å². The molecule has 0 aromatic carbocycles. The van der Waals surface area contributed by atoms with Crippen LogP contribution in [0.5, 0.6) is 0 Å². The number of Topliss-reactive ketones (excluding diaryl/α,β-unsaturated/α-hetero) is 2. The highest BCUT2D eigenvalue weighted by Crippen LogP contribution is 2.47. The molecule has 8 nitrogen and oxygen atoms in total. The molecular weight excluding hydrogens is 324 g/mol. The Morgan fingerprint density at radius 2 is 2.04 bits per heavy atom. The summed E-state index contributed by atoms with van der Waals surface area (Å²) in [6.45, 7) is 5.07. The third-order valence-electron chi connectivity index (χ3n) is 5.63. The first-order valence-corrected chi connectivity index (χ1v) is 8.40. The molecule has 2 fully saturated rings. The lowest BCUT2D eigenvalue weighted by molar-refractivity contribution is 0.0951. The van der Waals surface area contributed by atoms with Crippen LogP contribution in [0.3, 0.4) is 0 Å². The second-order valence-electron chi connectivity index (χ2n) is 7.19. The van der Waals surface area contributed by atoms with E-state index in [4.69, 9.17) is 10.5 Å². The van der Waals surface area contributed by atoms with Gasteiger partial charge < -0.3 is 25.3 Å². The number of hydrogen-bond acceptors (Lipinski definition) is 6. The van der Waals surface area contributed by atoms with Crippen LogP contribution in [-0.2, 0) is 17.9 Å². The number of nitrogens with one attached hydrogen (secondary N) is 1. The number of amides is 1. The maximum absolute atomic E-state index is 13.2. The van der Waals surface area contributed by atoms with Gasteiger partial charge in [-0.1, -0.05) is 0 Å². The zero-order valence-electron chi connectivity index (χ0n) is 14.0. The maximum atomic E-state index is 13.2. The normalized spacial score (nSPS) is 28.7. The van der Waals surface area contributed by atoms with Crippen LogP contribution in [0.4, 0.5) is 4.79 Å². The standard InChI is InChI=1S/C17H18N4O4/c1-6-3-20(6)12-7(2)15(22)14-10(16(12)23)8(5-25-17(18)24)13-11-9(19-11)4-21(13)14/h6,9,11,19H,3-5H2,1-2H3,(H2,18,24). The smallest absolute Gasteiger partial charge is 0.404 e. The summed E-state index contributed by atoms with van der Waals surface area (Å²) < 4.78 is 6.92. The molecule has 1 amide bonds. The van der Waals surface area contributed by atoms with Gasteiger partial charge in [0.2, 0.25) is 11.6 Å². The molecule has 0 spiro atoms. The number of fused-ring (bicyclic) bond motifs is 5. The Balaban J connectivity index is 1.68. The van der Waals surface area contributed by atoms with Crippen LogP contribution in [0.25, 0.3) is 0 Å². The molecule has 0 saturated carbocycles. The lowest BCUT2D eigenvalue weighted by Crippen LogP contribution is -2.28. The average Bonchev–Trinajstić information content (AvgIpc) is 3.40. The molecule has 3 unspecified atom stereocenters. The molecule has 0 bridgehead atoms. The summed E-state index contributed by atoms with van der Waals surface area (Å²) >= 11 is 0. The molecule has 25 heavy (non-hydrogen) atoms. The number of allylic oxidation sites excluding steroid dienone is 2. The Hall–Kier alpha value is -2.61. The minimum Gasteiger partial charge on any atom is -0.445 e. The number of ether oxygens (including phenoxy) is 1. The molecular formula is C17H18N4O4. The van der Waals surface area contributed by atoms with E-state index in [1.54, 1.807) is 6.92 Å². The number of aromatic nitrogens is 1. The van der Waals surface area contributed by atoms with Crippen LogP contribution in [0.1, 0.15) is 52.0 Å². The number of rotatable bonds is 3. The fraction of sp³-hybridized carbons (Fsp3) is 0.471. The number of carbonyl (C=O) groups is 3. The van der Waals surface area contributed by atoms with Crippen LogP contribution < -0.4 is 11.1 Å². The number of nitrogens with zero attached hydrogens (tertiary/aromatic N) is 2. The Morgan fingerprint density at radius 1 is 1.32 bits per heavy atom. The Kier molecular flexibility index (Phi) is 2.66. The van der Waals surface area contributed by atoms with E-state index >= 15 is 0 Å². The summed E-state index contributed by atoms with van der Waals surface area (Å²) in [5, 5.41) is 3.32. The second-order valence-corrected chi connectivity index (χ2v) is 7.19. The lowest BCUT2D eigenvalue weighted by atomic mass is 9.89. The van der Waals surface area contributed by atoms with Crippen molar-refractivity contribution in [1.29, 1.82) is 0 Å². The molecule has 1 aromatic rings. The summed E-state index contributed by atoms with van der Waals surface area (Å²) in [6, 6.07) is 0.660. The fourth-order valence-corrected chi connectivity index (χ4v) is 4.27. The van der Waals surface area contributed by atoms with Gasteiger partial charge in [-0.2, -0.15) is 0 Å². The molecule has 5 rings (SSSR count). The SMILES string of the molecule is CC1=C(N2CC2C)C(=O)c2c(COC(N)=O)c3n(c2C1=O)CC1NC31. The van der Waals surface area contributed by atoms with Gasteiger partial charge in [0.1, 0.15) is 12.3 Å². The van der Waals surface area contributed by atoms with Crippen LogP contribution in [0.2, 0.25) is 0 Å². The zero-order chi connectivity index (χ0) is 17.6. The van der Waals surface area contributed by atoms with Gasteiger partial charge in [-0.15, -0.1) is 0 Å². The molecule has 8 heteroatoms. The number of primary amides is 1. The van der Waals surface area contributed by atoms with Gasteiger partial charge in [-0.05, 0) is 13.8 Å². The minimum atomic E-state index is -0.895. The molecule has 130 valence electrons. The predicted octanol–water partition coefficient (Wildman–Crippen LogP) is 0.467. The topological polar surface area (TPSA) is 116 Å². The van der Waals surface area contributed by atoms with Gasteiger partial charge in [0.15, 0.2) is 0 Å². The predicted molar refractivity (Wildman–Crippen MR) is 86.0 cm³/mol. The summed E-state index contributed by atoms with van der Waals surface area (Å²) in [5.41, 5.74) is 8.41.